The lowest BCUT2D eigenvalue weighted by molar-refractivity contribution is -0.132. The molecule has 0 atom stereocenters. The quantitative estimate of drug-likeness (QED) is 0.847. The number of fused-ring (bicyclic) bond motifs is 1. The van der Waals surface area contributed by atoms with E-state index in [-0.39, 0.29) is 23.7 Å². The summed E-state index contributed by atoms with van der Waals surface area (Å²) in [7, 11) is 1.69. The smallest absolute Gasteiger partial charge is 0.335 e. The van der Waals surface area contributed by atoms with Gasteiger partial charge in [0.2, 0.25) is 0 Å². The summed E-state index contributed by atoms with van der Waals surface area (Å²) in [5.74, 6) is 0.139. The maximum atomic E-state index is 12.4. The Labute approximate surface area is 158 Å². The van der Waals surface area contributed by atoms with Crippen LogP contribution in [0.2, 0.25) is 0 Å². The molecule has 27 heavy (non-hydrogen) atoms. The zero-order valence-corrected chi connectivity index (χ0v) is 15.7. The predicted octanol–water partition coefficient (Wildman–Crippen LogP) is 3.14. The SMILES string of the molecule is CN(Cc1ccc(C(=O)O)cc1)C(=O)COc1cccc2c1OC(C)(C)C2. The molecule has 0 aromatic heterocycles. The molecule has 2 aromatic carbocycles. The minimum atomic E-state index is -0.972. The van der Waals surface area contributed by atoms with Crippen molar-refractivity contribution in [1.29, 1.82) is 0 Å². The summed E-state index contributed by atoms with van der Waals surface area (Å²) in [6.07, 6.45) is 0.805. The van der Waals surface area contributed by atoms with Crippen LogP contribution in [0, 0.1) is 0 Å². The second kappa shape index (κ2) is 7.31. The summed E-state index contributed by atoms with van der Waals surface area (Å²) in [6.45, 7) is 4.32. The summed E-state index contributed by atoms with van der Waals surface area (Å²) >= 11 is 0. The van der Waals surface area contributed by atoms with E-state index in [1.165, 1.54) is 12.1 Å². The lowest BCUT2D eigenvalue weighted by atomic mass is 10.0. The fourth-order valence-electron chi connectivity index (χ4n) is 3.07. The molecule has 0 saturated heterocycles. The number of hydrogen-bond acceptors (Lipinski definition) is 4. The van der Waals surface area contributed by atoms with Crippen molar-refractivity contribution in [2.45, 2.75) is 32.4 Å². The maximum Gasteiger partial charge on any atom is 0.335 e. The third kappa shape index (κ3) is 4.39. The van der Waals surface area contributed by atoms with Crippen molar-refractivity contribution in [1.82, 2.24) is 4.90 Å². The second-order valence-corrected chi connectivity index (χ2v) is 7.32. The highest BCUT2D eigenvalue weighted by Gasteiger charge is 2.32. The van der Waals surface area contributed by atoms with Gasteiger partial charge in [0.15, 0.2) is 18.1 Å². The van der Waals surface area contributed by atoms with Crippen LogP contribution in [0.15, 0.2) is 42.5 Å². The molecular formula is C21H23NO5. The van der Waals surface area contributed by atoms with Gasteiger partial charge in [-0.3, -0.25) is 4.79 Å². The number of likely N-dealkylation sites (N-methyl/N-ethyl adjacent to an activating group) is 1. The van der Waals surface area contributed by atoms with Gasteiger partial charge in [0.05, 0.1) is 5.56 Å². The molecule has 1 amide bonds. The molecule has 6 heteroatoms. The zero-order chi connectivity index (χ0) is 19.6. The normalized spacial score (nSPS) is 14.2. The average molecular weight is 369 g/mol. The molecule has 0 aliphatic carbocycles. The molecule has 2 aromatic rings. The minimum absolute atomic E-state index is 0.0933. The van der Waals surface area contributed by atoms with E-state index in [1.807, 2.05) is 26.0 Å². The molecule has 0 fully saturated rings. The van der Waals surface area contributed by atoms with Gasteiger partial charge >= 0.3 is 5.97 Å². The third-order valence-corrected chi connectivity index (χ3v) is 4.45. The van der Waals surface area contributed by atoms with E-state index in [2.05, 4.69) is 0 Å². The van der Waals surface area contributed by atoms with Crippen molar-refractivity contribution < 1.29 is 24.2 Å². The van der Waals surface area contributed by atoms with E-state index < -0.39 is 5.97 Å². The van der Waals surface area contributed by atoms with Crippen LogP contribution in [-0.2, 0) is 17.8 Å². The highest BCUT2D eigenvalue weighted by atomic mass is 16.5. The van der Waals surface area contributed by atoms with E-state index >= 15 is 0 Å². The Hall–Kier alpha value is -3.02. The molecule has 1 aliphatic rings. The number of rotatable bonds is 6. The van der Waals surface area contributed by atoms with E-state index in [1.54, 1.807) is 30.1 Å². The number of carboxylic acid groups (broad SMARTS) is 1. The molecule has 3 rings (SSSR count). The van der Waals surface area contributed by atoms with Crippen LogP contribution in [0.1, 0.15) is 35.3 Å². The molecule has 1 heterocycles. The van der Waals surface area contributed by atoms with Gasteiger partial charge in [0, 0.05) is 25.6 Å². The Bertz CT molecular complexity index is 857. The van der Waals surface area contributed by atoms with Crippen LogP contribution in [0.5, 0.6) is 11.5 Å². The number of ether oxygens (including phenoxy) is 2. The standard InChI is InChI=1S/C21H23NO5/c1-21(2)11-16-5-4-6-17(19(16)27-21)26-13-18(23)22(3)12-14-7-9-15(10-8-14)20(24)25/h4-10H,11-13H2,1-3H3,(H,24,25). The molecule has 0 radical (unpaired) electrons. The van der Waals surface area contributed by atoms with Crippen LogP contribution in [0.3, 0.4) is 0 Å². The number of carboxylic acids is 1. The Balaban J connectivity index is 1.58. The Kier molecular flexibility index (Phi) is 5.08. The van der Waals surface area contributed by atoms with Crippen molar-refractivity contribution in [3.05, 3.63) is 59.2 Å². The molecule has 142 valence electrons. The average Bonchev–Trinajstić information content (AvgIpc) is 2.94. The number of hydrogen-bond donors (Lipinski definition) is 1. The van der Waals surface area contributed by atoms with Gasteiger partial charge in [-0.25, -0.2) is 4.79 Å². The highest BCUT2D eigenvalue weighted by molar-refractivity contribution is 5.87. The van der Waals surface area contributed by atoms with E-state index in [9.17, 15) is 9.59 Å². The number of nitrogens with zero attached hydrogens (tertiary/aromatic N) is 1. The summed E-state index contributed by atoms with van der Waals surface area (Å²) in [4.78, 5) is 24.8. The lowest BCUT2D eigenvalue weighted by Crippen LogP contribution is -2.31. The predicted molar refractivity (Wildman–Crippen MR) is 100 cm³/mol. The molecule has 0 bridgehead atoms. The summed E-state index contributed by atoms with van der Waals surface area (Å²) in [6, 6.07) is 12.2. The van der Waals surface area contributed by atoms with Crippen LogP contribution in [-0.4, -0.2) is 41.1 Å². The largest absolute Gasteiger partial charge is 0.483 e. The lowest BCUT2D eigenvalue weighted by Gasteiger charge is -2.20. The maximum absolute atomic E-state index is 12.4. The van der Waals surface area contributed by atoms with E-state index in [4.69, 9.17) is 14.6 Å². The van der Waals surface area contributed by atoms with Crippen LogP contribution in [0.4, 0.5) is 0 Å². The van der Waals surface area contributed by atoms with Crippen LogP contribution in [0.25, 0.3) is 0 Å². The van der Waals surface area contributed by atoms with Crippen molar-refractivity contribution in [3.8, 4) is 11.5 Å². The molecule has 0 spiro atoms. The number of aromatic carboxylic acids is 1. The molecule has 1 aliphatic heterocycles. The van der Waals surface area contributed by atoms with Gasteiger partial charge < -0.3 is 19.5 Å². The topological polar surface area (TPSA) is 76.1 Å². The van der Waals surface area contributed by atoms with Gasteiger partial charge in [0.1, 0.15) is 5.60 Å². The molecule has 1 N–H and O–H groups in total. The number of para-hydroxylation sites is 1. The molecular weight excluding hydrogens is 346 g/mol. The molecule has 6 nitrogen and oxygen atoms in total. The zero-order valence-electron chi connectivity index (χ0n) is 15.7. The van der Waals surface area contributed by atoms with Crippen LogP contribution < -0.4 is 9.47 Å². The van der Waals surface area contributed by atoms with Gasteiger partial charge in [-0.1, -0.05) is 24.3 Å². The number of carbonyl (C=O) groups excluding carboxylic acids is 1. The first-order chi connectivity index (χ1) is 12.7. The first-order valence-electron chi connectivity index (χ1n) is 8.75. The minimum Gasteiger partial charge on any atom is -0.483 e. The first-order valence-corrected chi connectivity index (χ1v) is 8.75. The fraction of sp³-hybridized carbons (Fsp3) is 0.333. The Morgan fingerprint density at radius 2 is 1.89 bits per heavy atom. The van der Waals surface area contributed by atoms with E-state index in [0.717, 1.165) is 17.5 Å². The monoisotopic (exact) mass is 369 g/mol. The Morgan fingerprint density at radius 3 is 2.56 bits per heavy atom. The van der Waals surface area contributed by atoms with Gasteiger partial charge in [-0.05, 0) is 37.6 Å². The second-order valence-electron chi connectivity index (χ2n) is 7.32. The summed E-state index contributed by atoms with van der Waals surface area (Å²) in [5.41, 5.74) is 1.88. The summed E-state index contributed by atoms with van der Waals surface area (Å²) < 4.78 is 11.7. The van der Waals surface area contributed by atoms with Crippen molar-refractivity contribution in [2.75, 3.05) is 13.7 Å². The number of amides is 1. The van der Waals surface area contributed by atoms with Crippen LogP contribution >= 0.6 is 0 Å². The van der Waals surface area contributed by atoms with Crippen molar-refractivity contribution in [3.63, 3.8) is 0 Å². The summed E-state index contributed by atoms with van der Waals surface area (Å²) in [5, 5.41) is 8.93. The highest BCUT2D eigenvalue weighted by Crippen LogP contribution is 2.41. The number of carbonyl (C=O) groups is 2. The Morgan fingerprint density at radius 1 is 1.19 bits per heavy atom. The fourth-order valence-corrected chi connectivity index (χ4v) is 3.07. The van der Waals surface area contributed by atoms with Gasteiger partial charge in [0.25, 0.3) is 5.91 Å². The first kappa shape index (κ1) is 18.8. The van der Waals surface area contributed by atoms with Crippen molar-refractivity contribution >= 4 is 11.9 Å². The van der Waals surface area contributed by atoms with Gasteiger partial charge in [-0.2, -0.15) is 0 Å². The van der Waals surface area contributed by atoms with Gasteiger partial charge in [-0.15, -0.1) is 0 Å². The van der Waals surface area contributed by atoms with E-state index in [0.29, 0.717) is 18.0 Å². The third-order valence-electron chi connectivity index (χ3n) is 4.45. The van der Waals surface area contributed by atoms with Crippen molar-refractivity contribution in [2.24, 2.45) is 0 Å². The molecule has 0 saturated carbocycles. The molecule has 0 unspecified atom stereocenters. The number of benzene rings is 2.